The van der Waals surface area contributed by atoms with Crippen LogP contribution in [0.15, 0.2) is 65.4 Å². The lowest BCUT2D eigenvalue weighted by molar-refractivity contribution is -0.134. The fraction of sp³-hybridized carbons (Fsp3) is 0.312. The third kappa shape index (κ3) is 6.16. The van der Waals surface area contributed by atoms with Gasteiger partial charge in [-0.2, -0.15) is 5.10 Å². The summed E-state index contributed by atoms with van der Waals surface area (Å²) in [5, 5.41) is 12.4. The molecule has 2 aromatic carbocycles. The number of anilines is 2. The maximum atomic E-state index is 12.7. The minimum absolute atomic E-state index is 0.0841. The molecule has 1 aliphatic rings. The molecule has 3 N–H and O–H groups in total. The Morgan fingerprint density at radius 2 is 1.70 bits per heavy atom. The SMILES string of the molecule is CC(C)(C)c1cc(CC(=O)Nc2ccc(-n3nc(-c4ccc(CC(=O)N5CCOCC5)cc4)c4c(N)ncnc43)cc2)no1. The van der Waals surface area contributed by atoms with Crippen molar-refractivity contribution in [2.45, 2.75) is 39.0 Å². The highest BCUT2D eigenvalue weighted by Crippen LogP contribution is 2.32. The first-order valence-electron chi connectivity index (χ1n) is 14.5. The van der Waals surface area contributed by atoms with Crippen LogP contribution in [0.4, 0.5) is 11.5 Å². The number of carbonyl (C=O) groups excluding carboxylic acids is 2. The standard InChI is InChI=1S/C32H34N8O4/c1-32(2,3)25-17-23(38-44-25)18-26(41)36-22-8-10-24(11-9-22)40-31-28(30(33)34-19-35-31)29(37-40)21-6-4-20(5-7-21)16-27(42)39-12-14-43-15-13-39/h4-11,17,19H,12-16,18H2,1-3H3,(H,36,41)(H2,33,34,35). The molecule has 4 heterocycles. The molecule has 5 aromatic rings. The van der Waals surface area contributed by atoms with Crippen LogP contribution in [0, 0.1) is 0 Å². The van der Waals surface area contributed by atoms with Crippen LogP contribution < -0.4 is 11.1 Å². The zero-order chi connectivity index (χ0) is 30.8. The van der Waals surface area contributed by atoms with Crippen molar-refractivity contribution in [2.75, 3.05) is 37.4 Å². The number of nitrogen functional groups attached to an aromatic ring is 1. The normalized spacial score (nSPS) is 13.8. The monoisotopic (exact) mass is 594 g/mol. The average Bonchev–Trinajstić information content (AvgIpc) is 3.65. The molecule has 0 saturated carbocycles. The summed E-state index contributed by atoms with van der Waals surface area (Å²) in [5.74, 6) is 0.929. The first-order chi connectivity index (χ1) is 21.2. The van der Waals surface area contributed by atoms with E-state index in [1.54, 1.807) is 16.8 Å². The van der Waals surface area contributed by atoms with E-state index in [1.807, 2.05) is 68.1 Å². The zero-order valence-electron chi connectivity index (χ0n) is 24.9. The molecule has 6 rings (SSSR count). The summed E-state index contributed by atoms with van der Waals surface area (Å²) in [5.41, 5.74) is 11.0. The smallest absolute Gasteiger partial charge is 0.230 e. The van der Waals surface area contributed by atoms with Crippen LogP contribution in [0.25, 0.3) is 28.0 Å². The molecular formula is C32H34N8O4. The Labute approximate surface area is 254 Å². The van der Waals surface area contributed by atoms with E-state index in [1.165, 1.54) is 6.33 Å². The van der Waals surface area contributed by atoms with E-state index in [-0.39, 0.29) is 23.7 Å². The van der Waals surface area contributed by atoms with Gasteiger partial charge in [0.1, 0.15) is 23.6 Å². The molecule has 12 nitrogen and oxygen atoms in total. The average molecular weight is 595 g/mol. The molecule has 0 bridgehead atoms. The van der Waals surface area contributed by atoms with E-state index >= 15 is 0 Å². The number of hydrogen-bond donors (Lipinski definition) is 2. The van der Waals surface area contributed by atoms with Gasteiger partial charge in [0.25, 0.3) is 0 Å². The first-order valence-corrected chi connectivity index (χ1v) is 14.5. The number of amides is 2. The van der Waals surface area contributed by atoms with E-state index in [9.17, 15) is 9.59 Å². The minimum atomic E-state index is -0.200. The van der Waals surface area contributed by atoms with Gasteiger partial charge in [-0.3, -0.25) is 9.59 Å². The lowest BCUT2D eigenvalue weighted by atomic mass is 9.93. The van der Waals surface area contributed by atoms with Gasteiger partial charge in [0.15, 0.2) is 5.65 Å². The van der Waals surface area contributed by atoms with Crippen LogP contribution in [0.3, 0.4) is 0 Å². The van der Waals surface area contributed by atoms with Crippen LogP contribution in [0.1, 0.15) is 37.8 Å². The Hall–Kier alpha value is -5.10. The van der Waals surface area contributed by atoms with Gasteiger partial charge in [0, 0.05) is 35.8 Å². The number of aromatic nitrogens is 5. The summed E-state index contributed by atoms with van der Waals surface area (Å²) in [4.78, 5) is 35.9. The van der Waals surface area contributed by atoms with E-state index in [0.29, 0.717) is 66.7 Å². The highest BCUT2D eigenvalue weighted by atomic mass is 16.5. The molecule has 226 valence electrons. The highest BCUT2D eigenvalue weighted by Gasteiger charge is 2.22. The Kier molecular flexibility index (Phi) is 7.83. The topological polar surface area (TPSA) is 154 Å². The van der Waals surface area contributed by atoms with Crippen molar-refractivity contribution in [2.24, 2.45) is 0 Å². The number of morpholine rings is 1. The summed E-state index contributed by atoms with van der Waals surface area (Å²) in [7, 11) is 0. The second-order valence-electron chi connectivity index (χ2n) is 11.8. The number of hydrogen-bond acceptors (Lipinski definition) is 9. The maximum Gasteiger partial charge on any atom is 0.230 e. The lowest BCUT2D eigenvalue weighted by Gasteiger charge is -2.26. The van der Waals surface area contributed by atoms with E-state index in [0.717, 1.165) is 22.6 Å². The summed E-state index contributed by atoms with van der Waals surface area (Å²) in [6.45, 7) is 8.46. The number of nitrogens with one attached hydrogen (secondary N) is 1. The number of ether oxygens (including phenoxy) is 1. The predicted molar refractivity (Wildman–Crippen MR) is 165 cm³/mol. The van der Waals surface area contributed by atoms with Crippen molar-refractivity contribution >= 4 is 34.4 Å². The Morgan fingerprint density at radius 3 is 2.39 bits per heavy atom. The minimum Gasteiger partial charge on any atom is -0.383 e. The largest absolute Gasteiger partial charge is 0.383 e. The van der Waals surface area contributed by atoms with Gasteiger partial charge in [-0.05, 0) is 29.8 Å². The van der Waals surface area contributed by atoms with Crippen molar-refractivity contribution < 1.29 is 18.8 Å². The van der Waals surface area contributed by atoms with Gasteiger partial charge < -0.3 is 25.2 Å². The number of fused-ring (bicyclic) bond motifs is 1. The third-order valence-electron chi connectivity index (χ3n) is 7.48. The van der Waals surface area contributed by atoms with Crippen molar-refractivity contribution in [1.82, 2.24) is 29.8 Å². The highest BCUT2D eigenvalue weighted by molar-refractivity contribution is 5.99. The van der Waals surface area contributed by atoms with E-state index in [2.05, 4.69) is 20.4 Å². The van der Waals surface area contributed by atoms with E-state index in [4.69, 9.17) is 20.1 Å². The van der Waals surface area contributed by atoms with Crippen LogP contribution in [0.5, 0.6) is 0 Å². The Bertz CT molecular complexity index is 1800. The van der Waals surface area contributed by atoms with Crippen LogP contribution >= 0.6 is 0 Å². The number of nitrogens with two attached hydrogens (primary N) is 1. The summed E-state index contributed by atoms with van der Waals surface area (Å²) >= 11 is 0. The summed E-state index contributed by atoms with van der Waals surface area (Å²) in [6.07, 6.45) is 1.83. The van der Waals surface area contributed by atoms with Gasteiger partial charge in [-0.1, -0.05) is 50.2 Å². The van der Waals surface area contributed by atoms with Crippen molar-refractivity contribution in [1.29, 1.82) is 0 Å². The molecule has 1 fully saturated rings. The molecule has 1 saturated heterocycles. The zero-order valence-corrected chi connectivity index (χ0v) is 24.9. The van der Waals surface area contributed by atoms with Crippen LogP contribution in [-0.4, -0.2) is 67.9 Å². The fourth-order valence-corrected chi connectivity index (χ4v) is 5.04. The summed E-state index contributed by atoms with van der Waals surface area (Å²) in [6, 6.07) is 16.8. The molecule has 0 aliphatic carbocycles. The molecule has 3 aromatic heterocycles. The van der Waals surface area contributed by atoms with Gasteiger partial charge in [0.05, 0.1) is 42.8 Å². The molecule has 0 radical (unpaired) electrons. The van der Waals surface area contributed by atoms with Crippen molar-refractivity contribution in [3.63, 3.8) is 0 Å². The van der Waals surface area contributed by atoms with Gasteiger partial charge in [0.2, 0.25) is 11.8 Å². The maximum absolute atomic E-state index is 12.7. The number of rotatable bonds is 7. The molecule has 0 unspecified atom stereocenters. The number of benzene rings is 2. The molecule has 12 heteroatoms. The second kappa shape index (κ2) is 11.9. The fourth-order valence-electron chi connectivity index (χ4n) is 5.04. The van der Waals surface area contributed by atoms with Gasteiger partial charge in [-0.15, -0.1) is 0 Å². The molecule has 0 atom stereocenters. The third-order valence-corrected chi connectivity index (χ3v) is 7.48. The molecular weight excluding hydrogens is 560 g/mol. The molecule has 44 heavy (non-hydrogen) atoms. The van der Waals surface area contributed by atoms with Crippen molar-refractivity contribution in [3.8, 4) is 16.9 Å². The quantitative estimate of drug-likeness (QED) is 0.285. The van der Waals surface area contributed by atoms with Crippen LogP contribution in [0.2, 0.25) is 0 Å². The summed E-state index contributed by atoms with van der Waals surface area (Å²) < 4.78 is 12.4. The Balaban J connectivity index is 1.19. The van der Waals surface area contributed by atoms with E-state index < -0.39 is 0 Å². The van der Waals surface area contributed by atoms with Gasteiger partial charge in [-0.25, -0.2) is 14.6 Å². The van der Waals surface area contributed by atoms with Crippen LogP contribution in [-0.2, 0) is 32.6 Å². The predicted octanol–water partition coefficient (Wildman–Crippen LogP) is 3.93. The van der Waals surface area contributed by atoms with Gasteiger partial charge >= 0.3 is 0 Å². The Morgan fingerprint density at radius 1 is 0.977 bits per heavy atom. The lowest BCUT2D eigenvalue weighted by Crippen LogP contribution is -2.41. The number of carbonyl (C=O) groups is 2. The number of nitrogens with zero attached hydrogens (tertiary/aromatic N) is 6. The van der Waals surface area contributed by atoms with Crippen molar-refractivity contribution in [3.05, 3.63) is 77.9 Å². The molecule has 0 spiro atoms. The second-order valence-corrected chi connectivity index (χ2v) is 11.8. The molecule has 2 amide bonds. The first kappa shape index (κ1) is 29.0. The molecule has 1 aliphatic heterocycles.